The van der Waals surface area contributed by atoms with Crippen LogP contribution in [-0.2, 0) is 24.7 Å². The third-order valence-electron chi connectivity index (χ3n) is 1.05. The van der Waals surface area contributed by atoms with E-state index in [9.17, 15) is 16.8 Å². The van der Waals surface area contributed by atoms with Crippen molar-refractivity contribution < 1.29 is 21.7 Å². The van der Waals surface area contributed by atoms with Crippen LogP contribution in [0, 0.1) is 0 Å². The Morgan fingerprint density at radius 1 is 1.15 bits per heavy atom. The van der Waals surface area contributed by atoms with E-state index >= 15 is 0 Å². The monoisotopic (exact) mass is 231 g/mol. The molecular formula is C5H13NO5S2. The Balaban J connectivity index is 4.05. The van der Waals surface area contributed by atoms with Crippen molar-refractivity contribution in [2.45, 2.75) is 6.92 Å². The van der Waals surface area contributed by atoms with Crippen LogP contribution in [0.15, 0.2) is 0 Å². The van der Waals surface area contributed by atoms with Crippen molar-refractivity contribution in [3.05, 3.63) is 0 Å². The lowest BCUT2D eigenvalue weighted by Gasteiger charge is -2.03. The summed E-state index contributed by atoms with van der Waals surface area (Å²) in [5.41, 5.74) is 0. The van der Waals surface area contributed by atoms with Gasteiger partial charge in [0, 0.05) is 6.26 Å². The van der Waals surface area contributed by atoms with Gasteiger partial charge in [0.25, 0.3) is 0 Å². The summed E-state index contributed by atoms with van der Waals surface area (Å²) in [6.45, 7) is 1.80. The van der Waals surface area contributed by atoms with Gasteiger partial charge < -0.3 is 0 Å². The Morgan fingerprint density at radius 3 is 2.08 bits per heavy atom. The summed E-state index contributed by atoms with van der Waals surface area (Å²) in [4.78, 5) is 6.22. The number of hydrogen-bond acceptors (Lipinski definition) is 5. The molecule has 0 heterocycles. The predicted octanol–water partition coefficient (Wildman–Crippen LogP) is -1.10. The van der Waals surface area contributed by atoms with Crippen molar-refractivity contribution in [3.63, 3.8) is 0 Å². The minimum absolute atomic E-state index is 0.193. The summed E-state index contributed by atoms with van der Waals surface area (Å²) in [6.07, 6.45) is 0.975. The zero-order chi connectivity index (χ0) is 10.5. The highest BCUT2D eigenvalue weighted by Gasteiger charge is 2.13. The molecule has 0 aliphatic heterocycles. The molecular weight excluding hydrogens is 218 g/mol. The van der Waals surface area contributed by atoms with E-state index in [-0.39, 0.29) is 6.61 Å². The van der Waals surface area contributed by atoms with Gasteiger partial charge in [-0.3, -0.25) is 4.84 Å². The summed E-state index contributed by atoms with van der Waals surface area (Å²) in [6, 6.07) is 0. The van der Waals surface area contributed by atoms with Crippen LogP contribution in [0.3, 0.4) is 0 Å². The molecule has 0 aromatic heterocycles. The predicted molar refractivity (Wildman–Crippen MR) is 48.3 cm³/mol. The van der Waals surface area contributed by atoms with E-state index in [1.54, 1.807) is 11.8 Å². The van der Waals surface area contributed by atoms with E-state index in [1.807, 2.05) is 0 Å². The molecule has 0 radical (unpaired) electrons. The SMILES string of the molecule is CCONS(=O)(=O)CCS(C)(=O)=O. The van der Waals surface area contributed by atoms with Crippen molar-refractivity contribution in [2.24, 2.45) is 0 Å². The van der Waals surface area contributed by atoms with Gasteiger partial charge in [0.2, 0.25) is 10.0 Å². The van der Waals surface area contributed by atoms with Gasteiger partial charge in [-0.1, -0.05) is 4.89 Å². The van der Waals surface area contributed by atoms with Gasteiger partial charge in [-0.25, -0.2) is 16.8 Å². The first-order chi connectivity index (χ1) is 5.77. The van der Waals surface area contributed by atoms with Gasteiger partial charge in [-0.05, 0) is 6.92 Å². The normalized spacial score (nSPS) is 13.1. The first-order valence-electron chi connectivity index (χ1n) is 3.56. The highest BCUT2D eigenvalue weighted by atomic mass is 32.2. The van der Waals surface area contributed by atoms with Gasteiger partial charge in [0.15, 0.2) is 0 Å². The van der Waals surface area contributed by atoms with Crippen molar-refractivity contribution in [1.82, 2.24) is 4.89 Å². The van der Waals surface area contributed by atoms with Crippen LogP contribution in [-0.4, -0.2) is 41.2 Å². The topological polar surface area (TPSA) is 89.5 Å². The smallest absolute Gasteiger partial charge is 0.234 e. The Kier molecular flexibility index (Phi) is 4.82. The van der Waals surface area contributed by atoms with Crippen molar-refractivity contribution in [1.29, 1.82) is 0 Å². The lowest BCUT2D eigenvalue weighted by molar-refractivity contribution is 0.105. The molecule has 0 aromatic carbocycles. The molecule has 80 valence electrons. The molecule has 0 aromatic rings. The maximum absolute atomic E-state index is 10.9. The summed E-state index contributed by atoms with van der Waals surface area (Å²) in [5.74, 6) is -0.888. The molecule has 0 atom stereocenters. The highest BCUT2D eigenvalue weighted by molar-refractivity contribution is 7.93. The zero-order valence-electron chi connectivity index (χ0n) is 7.48. The van der Waals surface area contributed by atoms with Gasteiger partial charge >= 0.3 is 0 Å². The van der Waals surface area contributed by atoms with E-state index in [4.69, 9.17) is 0 Å². The quantitative estimate of drug-likeness (QED) is 0.586. The van der Waals surface area contributed by atoms with Crippen LogP contribution in [0.5, 0.6) is 0 Å². The standard InChI is InChI=1S/C5H13NO5S2/c1-3-11-6-13(9,10)5-4-12(2,7)8/h6H,3-5H2,1-2H3. The first-order valence-corrected chi connectivity index (χ1v) is 7.27. The molecule has 6 nitrogen and oxygen atoms in total. The molecule has 0 spiro atoms. The molecule has 0 rings (SSSR count). The molecule has 8 heteroatoms. The van der Waals surface area contributed by atoms with Crippen LogP contribution >= 0.6 is 0 Å². The molecule has 0 bridgehead atoms. The van der Waals surface area contributed by atoms with Crippen LogP contribution in [0.2, 0.25) is 0 Å². The van der Waals surface area contributed by atoms with E-state index in [0.29, 0.717) is 0 Å². The molecule has 13 heavy (non-hydrogen) atoms. The number of rotatable bonds is 6. The highest BCUT2D eigenvalue weighted by Crippen LogP contribution is 1.89. The average Bonchev–Trinajstić information content (AvgIpc) is 1.97. The van der Waals surface area contributed by atoms with Crippen LogP contribution < -0.4 is 4.89 Å². The van der Waals surface area contributed by atoms with Crippen molar-refractivity contribution in [3.8, 4) is 0 Å². The zero-order valence-corrected chi connectivity index (χ0v) is 9.11. The molecule has 1 N–H and O–H groups in total. The van der Waals surface area contributed by atoms with Gasteiger partial charge in [0.05, 0.1) is 18.1 Å². The third kappa shape index (κ3) is 8.16. The minimum atomic E-state index is -3.63. The second-order valence-corrected chi connectivity index (χ2v) is 6.53. The van der Waals surface area contributed by atoms with Gasteiger partial charge in [-0.2, -0.15) is 0 Å². The first kappa shape index (κ1) is 12.8. The summed E-state index contributed by atoms with van der Waals surface area (Å²) >= 11 is 0. The summed E-state index contributed by atoms with van der Waals surface area (Å²) < 4.78 is 43.1. The summed E-state index contributed by atoms with van der Waals surface area (Å²) in [7, 11) is -6.89. The van der Waals surface area contributed by atoms with E-state index < -0.39 is 31.4 Å². The van der Waals surface area contributed by atoms with E-state index in [2.05, 4.69) is 4.84 Å². The van der Waals surface area contributed by atoms with Crippen LogP contribution in [0.1, 0.15) is 6.92 Å². The van der Waals surface area contributed by atoms with Gasteiger partial charge in [0.1, 0.15) is 9.84 Å². The second kappa shape index (κ2) is 4.89. The molecule has 0 saturated carbocycles. The molecule has 0 fully saturated rings. The fourth-order valence-corrected chi connectivity index (χ4v) is 2.92. The maximum atomic E-state index is 10.9. The largest absolute Gasteiger partial charge is 0.287 e. The second-order valence-electron chi connectivity index (χ2n) is 2.47. The van der Waals surface area contributed by atoms with Gasteiger partial charge in [-0.15, -0.1) is 0 Å². The molecule has 0 amide bonds. The van der Waals surface area contributed by atoms with Crippen molar-refractivity contribution >= 4 is 19.9 Å². The lowest BCUT2D eigenvalue weighted by Crippen LogP contribution is -2.29. The van der Waals surface area contributed by atoms with Crippen LogP contribution in [0.4, 0.5) is 0 Å². The minimum Gasteiger partial charge on any atom is -0.287 e. The Morgan fingerprint density at radius 2 is 1.69 bits per heavy atom. The molecule has 0 unspecified atom stereocenters. The Labute approximate surface area is 78.2 Å². The number of sulfonamides is 1. The average molecular weight is 231 g/mol. The fourth-order valence-electron chi connectivity index (χ4n) is 0.451. The number of nitrogens with one attached hydrogen (secondary N) is 1. The van der Waals surface area contributed by atoms with Crippen LogP contribution in [0.25, 0.3) is 0 Å². The fraction of sp³-hybridized carbons (Fsp3) is 1.00. The Bertz CT molecular complexity index is 330. The third-order valence-corrected chi connectivity index (χ3v) is 3.37. The number of sulfone groups is 1. The summed E-state index contributed by atoms with van der Waals surface area (Å²) in [5, 5.41) is 0. The van der Waals surface area contributed by atoms with E-state index in [0.717, 1.165) is 6.26 Å². The molecule has 0 saturated heterocycles. The maximum Gasteiger partial charge on any atom is 0.234 e. The van der Waals surface area contributed by atoms with E-state index in [1.165, 1.54) is 0 Å². The Hall–Kier alpha value is -0.180. The lowest BCUT2D eigenvalue weighted by atomic mass is 10.9. The van der Waals surface area contributed by atoms with Crippen molar-refractivity contribution in [2.75, 3.05) is 24.4 Å². The number of hydrogen-bond donors (Lipinski definition) is 1. The molecule has 0 aliphatic rings. The molecule has 0 aliphatic carbocycles.